The van der Waals surface area contributed by atoms with Crippen molar-refractivity contribution < 1.29 is 0 Å². The molecule has 159 valence electrons. The monoisotopic (exact) mass is 391 g/mol. The molecule has 0 spiro atoms. The van der Waals surface area contributed by atoms with Crippen LogP contribution < -0.4 is 0 Å². The van der Waals surface area contributed by atoms with E-state index < -0.39 is 0 Å². The van der Waals surface area contributed by atoms with Crippen molar-refractivity contribution in [3.63, 3.8) is 0 Å². The maximum absolute atomic E-state index is 2.63. The smallest absolute Gasteiger partial charge is 0.0128 e. The fourth-order valence-electron chi connectivity index (χ4n) is 4.67. The summed E-state index contributed by atoms with van der Waals surface area (Å²) in [5.74, 6) is 1.16. The quantitative estimate of drug-likeness (QED) is 0.341. The van der Waals surface area contributed by atoms with Crippen molar-refractivity contribution in [1.82, 2.24) is 0 Å². The summed E-state index contributed by atoms with van der Waals surface area (Å²) >= 11 is 0. The topological polar surface area (TPSA) is 0 Å². The lowest BCUT2D eigenvalue weighted by atomic mass is 9.82. The van der Waals surface area contributed by atoms with E-state index in [-0.39, 0.29) is 0 Å². The summed E-state index contributed by atoms with van der Waals surface area (Å²) in [6, 6.07) is 14.4. The van der Waals surface area contributed by atoms with Gasteiger partial charge in [-0.15, -0.1) is 0 Å². The van der Waals surface area contributed by atoms with Gasteiger partial charge in [0.25, 0.3) is 0 Å². The van der Waals surface area contributed by atoms with Gasteiger partial charge < -0.3 is 0 Å². The summed E-state index contributed by atoms with van der Waals surface area (Å²) < 4.78 is 0. The molecule has 29 heavy (non-hydrogen) atoms. The third kappa shape index (κ3) is 6.73. The maximum Gasteiger partial charge on any atom is -0.0128 e. The van der Waals surface area contributed by atoms with E-state index in [0.29, 0.717) is 11.8 Å². The molecule has 0 N–H and O–H groups in total. The zero-order valence-electron chi connectivity index (χ0n) is 19.9. The van der Waals surface area contributed by atoms with Crippen LogP contribution in [0.5, 0.6) is 0 Å². The molecule has 0 saturated heterocycles. The van der Waals surface area contributed by atoms with Crippen LogP contribution in [0.15, 0.2) is 36.4 Å². The zero-order chi connectivity index (χ0) is 21.2. The first-order valence-electron chi connectivity index (χ1n) is 12.1. The Morgan fingerprint density at radius 2 is 1.31 bits per heavy atom. The predicted octanol–water partition coefficient (Wildman–Crippen LogP) is 8.29. The van der Waals surface area contributed by atoms with E-state index in [1.165, 1.54) is 52.6 Å². The van der Waals surface area contributed by atoms with E-state index in [1.807, 2.05) is 0 Å². The average molecular weight is 392 g/mol. The standard InChI is InChI=1S/C29H43/c1-7-12-13-28(29-17-16-25(9-3)27(11-5)21-29)19-22(6)18-23-14-15-24(8-2)26(10-4)20-23/h14-17,19-22,28H,7-13,18H2,1-6H3. The molecule has 0 aliphatic carbocycles. The summed E-state index contributed by atoms with van der Waals surface area (Å²) in [5, 5.41) is 0. The molecule has 0 bridgehead atoms. The number of hydrogen-bond acceptors (Lipinski definition) is 0. The van der Waals surface area contributed by atoms with Crippen molar-refractivity contribution in [2.45, 2.75) is 98.8 Å². The Morgan fingerprint density at radius 1 is 0.724 bits per heavy atom. The molecule has 0 aromatic heterocycles. The van der Waals surface area contributed by atoms with Crippen LogP contribution in [0.25, 0.3) is 0 Å². The Labute approximate surface area is 181 Å². The first-order chi connectivity index (χ1) is 14.1. The average Bonchev–Trinajstić information content (AvgIpc) is 2.75. The molecule has 2 aromatic carbocycles. The van der Waals surface area contributed by atoms with Crippen LogP contribution in [0.4, 0.5) is 0 Å². The lowest BCUT2D eigenvalue weighted by molar-refractivity contribution is 0.548. The molecule has 0 heterocycles. The third-order valence-electron chi connectivity index (χ3n) is 6.44. The lowest BCUT2D eigenvalue weighted by Crippen LogP contribution is -2.10. The normalized spacial score (nSPS) is 13.4. The van der Waals surface area contributed by atoms with Crippen molar-refractivity contribution in [2.75, 3.05) is 0 Å². The Balaban J connectivity index is 2.15. The number of rotatable bonds is 12. The molecule has 0 aliphatic rings. The van der Waals surface area contributed by atoms with E-state index in [2.05, 4.69) is 84.4 Å². The molecule has 2 atom stereocenters. The summed E-state index contributed by atoms with van der Waals surface area (Å²) in [6.45, 7) is 13.8. The van der Waals surface area contributed by atoms with Crippen molar-refractivity contribution in [1.29, 1.82) is 0 Å². The fourth-order valence-corrected chi connectivity index (χ4v) is 4.67. The van der Waals surface area contributed by atoms with Gasteiger partial charge in [0.1, 0.15) is 0 Å². The van der Waals surface area contributed by atoms with Crippen molar-refractivity contribution in [3.05, 3.63) is 76.2 Å². The van der Waals surface area contributed by atoms with Gasteiger partial charge in [0.05, 0.1) is 0 Å². The van der Waals surface area contributed by atoms with E-state index in [0.717, 1.165) is 32.1 Å². The molecule has 0 saturated carbocycles. The van der Waals surface area contributed by atoms with E-state index in [1.54, 1.807) is 0 Å². The number of aryl methyl sites for hydroxylation is 4. The Bertz CT molecular complexity index is 740. The molecule has 0 aliphatic heterocycles. The molecular weight excluding hydrogens is 348 g/mol. The van der Waals surface area contributed by atoms with Crippen molar-refractivity contribution >= 4 is 0 Å². The maximum atomic E-state index is 2.63. The molecule has 1 radical (unpaired) electrons. The fraction of sp³-hybridized carbons (Fsp3) is 0.552. The highest BCUT2D eigenvalue weighted by molar-refractivity contribution is 5.36. The van der Waals surface area contributed by atoms with Gasteiger partial charge in [-0.3, -0.25) is 0 Å². The largest absolute Gasteiger partial charge is 0.0654 e. The summed E-state index contributed by atoms with van der Waals surface area (Å²) in [6.07, 6.45) is 12.2. The Morgan fingerprint density at radius 3 is 1.90 bits per heavy atom. The second kappa shape index (κ2) is 12.2. The first-order valence-corrected chi connectivity index (χ1v) is 12.1. The molecule has 2 aromatic rings. The van der Waals surface area contributed by atoms with Gasteiger partial charge in [-0.2, -0.15) is 0 Å². The van der Waals surface area contributed by atoms with Gasteiger partial charge in [-0.25, -0.2) is 0 Å². The number of unbranched alkanes of at least 4 members (excludes halogenated alkanes) is 1. The molecule has 0 heteroatoms. The van der Waals surface area contributed by atoms with Gasteiger partial charge in [-0.1, -0.05) is 90.8 Å². The molecule has 0 nitrogen and oxygen atoms in total. The highest BCUT2D eigenvalue weighted by Gasteiger charge is 2.17. The Kier molecular flexibility index (Phi) is 9.98. The zero-order valence-corrected chi connectivity index (χ0v) is 19.9. The minimum absolute atomic E-state index is 0.571. The van der Waals surface area contributed by atoms with Gasteiger partial charge in [0.2, 0.25) is 0 Å². The van der Waals surface area contributed by atoms with E-state index in [9.17, 15) is 0 Å². The molecule has 0 amide bonds. The van der Waals surface area contributed by atoms with Crippen LogP contribution >= 0.6 is 0 Å². The van der Waals surface area contributed by atoms with Crippen molar-refractivity contribution in [3.8, 4) is 0 Å². The van der Waals surface area contributed by atoms with Gasteiger partial charge in [-0.05, 0) is 90.2 Å². The third-order valence-corrected chi connectivity index (χ3v) is 6.44. The molecule has 2 rings (SSSR count). The SMILES string of the molecule is CCCCC([CH]C(C)Cc1ccc(CC)c(CC)c1)c1ccc(CC)c(CC)c1. The van der Waals surface area contributed by atoms with E-state index in [4.69, 9.17) is 0 Å². The first kappa shape index (κ1) is 23.7. The van der Waals surface area contributed by atoms with Crippen LogP contribution in [0.2, 0.25) is 0 Å². The van der Waals surface area contributed by atoms with Crippen LogP contribution in [0, 0.1) is 12.3 Å². The van der Waals surface area contributed by atoms with Crippen LogP contribution in [-0.4, -0.2) is 0 Å². The van der Waals surface area contributed by atoms with Crippen LogP contribution in [0.3, 0.4) is 0 Å². The number of benzene rings is 2. The second-order valence-corrected chi connectivity index (χ2v) is 8.67. The minimum Gasteiger partial charge on any atom is -0.0654 e. The Hall–Kier alpha value is -1.56. The van der Waals surface area contributed by atoms with Gasteiger partial charge in [0, 0.05) is 0 Å². The number of hydrogen-bond donors (Lipinski definition) is 0. The van der Waals surface area contributed by atoms with Gasteiger partial charge >= 0.3 is 0 Å². The van der Waals surface area contributed by atoms with Crippen LogP contribution in [-0.2, 0) is 32.1 Å². The second-order valence-electron chi connectivity index (χ2n) is 8.67. The summed E-state index contributed by atoms with van der Waals surface area (Å²) in [7, 11) is 0. The van der Waals surface area contributed by atoms with E-state index >= 15 is 0 Å². The molecule has 0 fully saturated rings. The summed E-state index contributed by atoms with van der Waals surface area (Å²) in [5.41, 5.74) is 9.11. The van der Waals surface area contributed by atoms with Crippen molar-refractivity contribution in [2.24, 2.45) is 5.92 Å². The highest BCUT2D eigenvalue weighted by atomic mass is 14.2. The molecule has 2 unspecified atom stereocenters. The lowest BCUT2D eigenvalue weighted by Gasteiger charge is -2.23. The van der Waals surface area contributed by atoms with Crippen LogP contribution in [0.1, 0.15) is 100 Å². The highest BCUT2D eigenvalue weighted by Crippen LogP contribution is 2.31. The molecular formula is C29H43. The minimum atomic E-state index is 0.571. The summed E-state index contributed by atoms with van der Waals surface area (Å²) in [4.78, 5) is 0. The van der Waals surface area contributed by atoms with Gasteiger partial charge in [0.15, 0.2) is 0 Å². The predicted molar refractivity (Wildman–Crippen MR) is 130 cm³/mol.